The SMILES string of the molecule is Nc1ccc(S(=O)(=O)CC(=O)NC2CC2)c(Cl)c1. The van der Waals surface area contributed by atoms with Gasteiger partial charge in [0.25, 0.3) is 0 Å². The lowest BCUT2D eigenvalue weighted by Crippen LogP contribution is -2.31. The first-order valence-corrected chi connectivity index (χ1v) is 7.48. The maximum absolute atomic E-state index is 12.0. The molecule has 1 aliphatic rings. The van der Waals surface area contributed by atoms with Gasteiger partial charge in [-0.25, -0.2) is 8.42 Å². The number of nitrogen functional groups attached to an aromatic ring is 1. The molecular weight excluding hydrogens is 276 g/mol. The van der Waals surface area contributed by atoms with Gasteiger partial charge >= 0.3 is 0 Å². The van der Waals surface area contributed by atoms with E-state index in [1.807, 2.05) is 0 Å². The molecule has 98 valence electrons. The monoisotopic (exact) mass is 288 g/mol. The number of amides is 1. The highest BCUT2D eigenvalue weighted by Gasteiger charge is 2.27. The third kappa shape index (κ3) is 3.14. The minimum absolute atomic E-state index is 0.0363. The summed E-state index contributed by atoms with van der Waals surface area (Å²) < 4.78 is 24.0. The van der Waals surface area contributed by atoms with Crippen molar-refractivity contribution in [1.29, 1.82) is 0 Å². The Labute approximate surface area is 110 Å². The number of rotatable bonds is 4. The summed E-state index contributed by atoms with van der Waals surface area (Å²) in [5.74, 6) is -1.09. The molecule has 0 aromatic heterocycles. The summed E-state index contributed by atoms with van der Waals surface area (Å²) in [4.78, 5) is 11.4. The van der Waals surface area contributed by atoms with E-state index in [0.717, 1.165) is 12.8 Å². The van der Waals surface area contributed by atoms with Crippen LogP contribution in [0.15, 0.2) is 23.1 Å². The Kier molecular flexibility index (Phi) is 3.49. The molecule has 18 heavy (non-hydrogen) atoms. The van der Waals surface area contributed by atoms with Crippen molar-refractivity contribution in [3.63, 3.8) is 0 Å². The number of hydrogen-bond acceptors (Lipinski definition) is 4. The van der Waals surface area contributed by atoms with Crippen LogP contribution in [-0.4, -0.2) is 26.1 Å². The average Bonchev–Trinajstić information content (AvgIpc) is 2.99. The first kappa shape index (κ1) is 13.2. The molecular formula is C11H13ClN2O3S. The number of benzene rings is 1. The fourth-order valence-corrected chi connectivity index (χ4v) is 3.27. The van der Waals surface area contributed by atoms with Crippen LogP contribution >= 0.6 is 11.6 Å². The van der Waals surface area contributed by atoms with E-state index in [-0.39, 0.29) is 16.0 Å². The second kappa shape index (κ2) is 4.78. The van der Waals surface area contributed by atoms with Gasteiger partial charge in [0.1, 0.15) is 5.75 Å². The molecule has 0 unspecified atom stereocenters. The zero-order valence-electron chi connectivity index (χ0n) is 9.52. The van der Waals surface area contributed by atoms with E-state index in [4.69, 9.17) is 17.3 Å². The molecule has 1 aliphatic carbocycles. The molecule has 0 atom stereocenters. The Morgan fingerprint density at radius 2 is 2.11 bits per heavy atom. The van der Waals surface area contributed by atoms with E-state index in [0.29, 0.717) is 5.69 Å². The fourth-order valence-electron chi connectivity index (χ4n) is 1.52. The van der Waals surface area contributed by atoms with Gasteiger partial charge in [-0.2, -0.15) is 0 Å². The lowest BCUT2D eigenvalue weighted by atomic mass is 10.3. The second-order valence-electron chi connectivity index (χ2n) is 4.29. The summed E-state index contributed by atoms with van der Waals surface area (Å²) in [5.41, 5.74) is 5.86. The van der Waals surface area contributed by atoms with Crippen molar-refractivity contribution in [2.45, 2.75) is 23.8 Å². The van der Waals surface area contributed by atoms with Gasteiger partial charge in [0.2, 0.25) is 5.91 Å². The molecule has 0 spiro atoms. The number of nitrogens with one attached hydrogen (secondary N) is 1. The fraction of sp³-hybridized carbons (Fsp3) is 0.364. The molecule has 1 fully saturated rings. The summed E-state index contributed by atoms with van der Waals surface area (Å²) in [6.45, 7) is 0. The van der Waals surface area contributed by atoms with Crippen LogP contribution in [0, 0.1) is 0 Å². The molecule has 0 aliphatic heterocycles. The molecule has 0 radical (unpaired) electrons. The molecule has 3 N–H and O–H groups in total. The Morgan fingerprint density at radius 1 is 1.44 bits per heavy atom. The Balaban J connectivity index is 2.16. The summed E-state index contributed by atoms with van der Waals surface area (Å²) >= 11 is 5.82. The summed E-state index contributed by atoms with van der Waals surface area (Å²) in [5, 5.41) is 2.66. The van der Waals surface area contributed by atoms with E-state index in [1.165, 1.54) is 18.2 Å². The minimum Gasteiger partial charge on any atom is -0.399 e. The summed E-state index contributed by atoms with van der Waals surface area (Å²) in [6.07, 6.45) is 1.82. The van der Waals surface area contributed by atoms with Gasteiger partial charge in [0.05, 0.1) is 9.92 Å². The highest BCUT2D eigenvalue weighted by atomic mass is 35.5. The molecule has 1 saturated carbocycles. The van der Waals surface area contributed by atoms with Crippen LogP contribution in [0.3, 0.4) is 0 Å². The number of carbonyl (C=O) groups excluding carboxylic acids is 1. The first-order valence-electron chi connectivity index (χ1n) is 5.45. The highest BCUT2D eigenvalue weighted by Crippen LogP contribution is 2.25. The smallest absolute Gasteiger partial charge is 0.235 e. The van der Waals surface area contributed by atoms with Gasteiger partial charge in [-0.05, 0) is 31.0 Å². The Morgan fingerprint density at radius 3 is 2.67 bits per heavy atom. The standard InChI is InChI=1S/C11H13ClN2O3S/c12-9-5-7(13)1-4-10(9)18(16,17)6-11(15)14-8-2-3-8/h1,4-5,8H,2-3,6,13H2,(H,14,15). The van der Waals surface area contributed by atoms with E-state index in [2.05, 4.69) is 5.32 Å². The third-order valence-corrected chi connectivity index (χ3v) is 4.65. The number of anilines is 1. The minimum atomic E-state index is -3.72. The van der Waals surface area contributed by atoms with E-state index >= 15 is 0 Å². The molecule has 0 bridgehead atoms. The molecule has 1 amide bonds. The van der Waals surface area contributed by atoms with E-state index < -0.39 is 21.5 Å². The number of sulfone groups is 1. The molecule has 0 heterocycles. The topological polar surface area (TPSA) is 89.3 Å². The maximum atomic E-state index is 12.0. The van der Waals surface area contributed by atoms with Crippen molar-refractivity contribution in [3.8, 4) is 0 Å². The number of carbonyl (C=O) groups is 1. The summed E-state index contributed by atoms with van der Waals surface area (Å²) in [7, 11) is -3.72. The Hall–Kier alpha value is -1.27. The van der Waals surface area contributed by atoms with Crippen LogP contribution in [-0.2, 0) is 14.6 Å². The second-order valence-corrected chi connectivity index (χ2v) is 6.66. The van der Waals surface area contributed by atoms with Crippen molar-refractivity contribution < 1.29 is 13.2 Å². The molecule has 0 saturated heterocycles. The predicted molar refractivity (Wildman–Crippen MR) is 69.1 cm³/mol. The van der Waals surface area contributed by atoms with Crippen LogP contribution in [0.4, 0.5) is 5.69 Å². The van der Waals surface area contributed by atoms with E-state index in [1.54, 1.807) is 0 Å². The lowest BCUT2D eigenvalue weighted by Gasteiger charge is -2.07. The quantitative estimate of drug-likeness (QED) is 0.808. The van der Waals surface area contributed by atoms with Gasteiger partial charge in [0, 0.05) is 11.7 Å². The van der Waals surface area contributed by atoms with Gasteiger partial charge in [-0.3, -0.25) is 4.79 Å². The van der Waals surface area contributed by atoms with Crippen LogP contribution in [0.2, 0.25) is 5.02 Å². The van der Waals surface area contributed by atoms with Crippen LogP contribution in [0.25, 0.3) is 0 Å². The van der Waals surface area contributed by atoms with Crippen molar-refractivity contribution >= 4 is 33.0 Å². The van der Waals surface area contributed by atoms with E-state index in [9.17, 15) is 13.2 Å². The molecule has 1 aromatic rings. The Bertz CT molecular complexity index is 582. The molecule has 2 rings (SSSR count). The molecule has 5 nitrogen and oxygen atoms in total. The third-order valence-electron chi connectivity index (χ3n) is 2.55. The van der Waals surface area contributed by atoms with Gasteiger partial charge < -0.3 is 11.1 Å². The lowest BCUT2D eigenvalue weighted by molar-refractivity contribution is -0.118. The van der Waals surface area contributed by atoms with Crippen molar-refractivity contribution in [2.75, 3.05) is 11.5 Å². The van der Waals surface area contributed by atoms with Crippen LogP contribution < -0.4 is 11.1 Å². The van der Waals surface area contributed by atoms with Crippen molar-refractivity contribution in [1.82, 2.24) is 5.32 Å². The van der Waals surface area contributed by atoms with Gasteiger partial charge in [-0.15, -0.1) is 0 Å². The van der Waals surface area contributed by atoms with Crippen LogP contribution in [0.5, 0.6) is 0 Å². The predicted octanol–water partition coefficient (Wildman–Crippen LogP) is 0.975. The molecule has 7 heteroatoms. The normalized spacial score (nSPS) is 15.4. The van der Waals surface area contributed by atoms with Crippen LogP contribution in [0.1, 0.15) is 12.8 Å². The summed E-state index contributed by atoms with van der Waals surface area (Å²) in [6, 6.07) is 4.25. The largest absolute Gasteiger partial charge is 0.399 e. The van der Waals surface area contributed by atoms with Gasteiger partial charge in [0.15, 0.2) is 9.84 Å². The molecule has 1 aromatic carbocycles. The highest BCUT2D eigenvalue weighted by molar-refractivity contribution is 7.92. The number of hydrogen-bond donors (Lipinski definition) is 2. The zero-order chi connectivity index (χ0) is 13.3. The maximum Gasteiger partial charge on any atom is 0.235 e. The first-order chi connectivity index (χ1) is 8.38. The number of halogens is 1. The zero-order valence-corrected chi connectivity index (χ0v) is 11.1. The van der Waals surface area contributed by atoms with Crippen molar-refractivity contribution in [3.05, 3.63) is 23.2 Å². The van der Waals surface area contributed by atoms with Crippen molar-refractivity contribution in [2.24, 2.45) is 0 Å². The average molecular weight is 289 g/mol. The number of nitrogens with two attached hydrogens (primary N) is 1. The van der Waals surface area contributed by atoms with Gasteiger partial charge in [-0.1, -0.05) is 11.6 Å².